The number of hydrogen-bond donors (Lipinski definition) is 2. The number of fused-ring (bicyclic) bond motifs is 8. The number of aromatic amines is 2. The zero-order valence-corrected chi connectivity index (χ0v) is 43.6. The molecule has 2 aliphatic heterocycles. The van der Waals surface area contributed by atoms with Gasteiger partial charge in [-0.25, -0.2) is 85.2 Å². The number of nitrogens with one attached hydrogen (secondary N) is 2. The molecule has 0 unspecified atom stereocenters. The van der Waals surface area contributed by atoms with E-state index in [2.05, 4.69) is 40.1 Å². The molecule has 0 atom stereocenters. The number of nitrogens with zero attached hydrogens (tertiary/aromatic N) is 6. The van der Waals surface area contributed by atoms with Crippen molar-refractivity contribution >= 4 is 45.3 Å². The third-order valence-corrected chi connectivity index (χ3v) is 14.4. The quantitative estimate of drug-likeness (QED) is 0.147. The van der Waals surface area contributed by atoms with Gasteiger partial charge in [0.2, 0.25) is 0 Å². The molecule has 0 fully saturated rings. The molecule has 0 saturated heterocycles. The Morgan fingerprint density at radius 3 is 0.875 bits per heavy atom. The molecular formula is C64H26F16N8. The van der Waals surface area contributed by atoms with Crippen molar-refractivity contribution < 1.29 is 70.2 Å². The van der Waals surface area contributed by atoms with E-state index in [-0.39, 0.29) is 0 Å². The van der Waals surface area contributed by atoms with Gasteiger partial charge in [0.1, 0.15) is 104 Å². The SMILES string of the molecule is Fc1cccc(F)c1C1=Nc2nc1c(-c1c(F)cccc1F)c1[nH]c(c(-c3c(F)cccc3F)c3nc(c(-c4c(F)cccc4F)c4nnc(n2)[nH]4)C(c2c(F)cccc2F)=C3c2c(F)cccc2F)c(-c2c(F)cccc2F)c1-c1c(F)cccc1F. The molecule has 88 heavy (non-hydrogen) atoms. The minimum atomic E-state index is -1.75. The van der Waals surface area contributed by atoms with Crippen LogP contribution in [-0.2, 0) is 0 Å². The van der Waals surface area contributed by atoms with Gasteiger partial charge < -0.3 is 9.97 Å². The summed E-state index contributed by atoms with van der Waals surface area (Å²) in [6.45, 7) is 0. The molecule has 0 amide bonds. The fraction of sp³-hybridized carbons (Fsp3) is 0. The van der Waals surface area contributed by atoms with Crippen molar-refractivity contribution in [2.45, 2.75) is 0 Å². The van der Waals surface area contributed by atoms with Crippen LogP contribution in [0.3, 0.4) is 0 Å². The zero-order valence-electron chi connectivity index (χ0n) is 43.6. The summed E-state index contributed by atoms with van der Waals surface area (Å²) in [4.78, 5) is 22.4. The second-order valence-electron chi connectivity index (χ2n) is 19.4. The molecule has 11 aromatic rings. The highest BCUT2D eigenvalue weighted by atomic mass is 19.2. The lowest BCUT2D eigenvalue weighted by Crippen LogP contribution is -2.10. The maximum absolute atomic E-state index is 17.7. The van der Waals surface area contributed by atoms with Gasteiger partial charge >= 0.3 is 0 Å². The molecule has 0 saturated carbocycles. The van der Waals surface area contributed by atoms with Crippen molar-refractivity contribution in [1.29, 1.82) is 0 Å². The first kappa shape index (κ1) is 56.1. The highest BCUT2D eigenvalue weighted by Crippen LogP contribution is 2.54. The first-order valence-corrected chi connectivity index (χ1v) is 25.7. The molecule has 13 rings (SSSR count). The number of aliphatic imine (C=N–C) groups is 1. The molecule has 434 valence electrons. The Morgan fingerprint density at radius 2 is 0.523 bits per heavy atom. The lowest BCUT2D eigenvalue weighted by atomic mass is 9.85. The summed E-state index contributed by atoms with van der Waals surface area (Å²) < 4.78 is 275. The minimum Gasteiger partial charge on any atom is -0.353 e. The van der Waals surface area contributed by atoms with E-state index in [1.165, 1.54) is 0 Å². The average molecular weight is 1210 g/mol. The van der Waals surface area contributed by atoms with Crippen molar-refractivity contribution in [3.05, 3.63) is 272 Å². The Balaban J connectivity index is 1.48. The summed E-state index contributed by atoms with van der Waals surface area (Å²) in [7, 11) is 0. The summed E-state index contributed by atoms with van der Waals surface area (Å²) in [5.41, 5.74) is -28.1. The normalized spacial score (nSPS) is 12.3. The van der Waals surface area contributed by atoms with Gasteiger partial charge in [-0.15, -0.1) is 10.2 Å². The minimum absolute atomic E-state index is 0.550. The highest BCUT2D eigenvalue weighted by molar-refractivity contribution is 6.22. The molecule has 0 aliphatic carbocycles. The van der Waals surface area contributed by atoms with Crippen LogP contribution in [0.25, 0.3) is 89.2 Å². The van der Waals surface area contributed by atoms with Crippen LogP contribution in [0.5, 0.6) is 0 Å². The number of benzene rings is 8. The van der Waals surface area contributed by atoms with Crippen LogP contribution >= 0.6 is 0 Å². The molecule has 8 aromatic carbocycles. The first-order chi connectivity index (χ1) is 42.3. The van der Waals surface area contributed by atoms with Gasteiger partial charge in [0.05, 0.1) is 72.5 Å². The van der Waals surface area contributed by atoms with Gasteiger partial charge in [-0.3, -0.25) is 0 Å². The van der Waals surface area contributed by atoms with E-state index < -0.39 is 228 Å². The topological polar surface area (TPSA) is 108 Å². The van der Waals surface area contributed by atoms with Crippen molar-refractivity contribution in [2.24, 2.45) is 4.99 Å². The standard InChI is InChI=1S/C64H26F16N8/c65-25-9-1-10-26(66)41(25)49-50(42-27(67)11-2-12-28(42)68)58-54(46-35(75)19-6-20-36(46)76)61-60(48-39(79)23-8-24-40(48)80)83-63(84-61)86-64-85-62(87-88-64)55(47-37(77)21-7-22-38(47)78)59-52(44-31(71)15-4-16-32(44)72)51(43-29(69)13-3-14-30(43)70)57(82-59)53(56(49)81-58)45-33(73)17-5-18-34(45)74/h1-24,81H,(H,83,84,85,86,87,88). The summed E-state index contributed by atoms with van der Waals surface area (Å²) in [5, 5.41) is 7.90. The lowest BCUT2D eigenvalue weighted by molar-refractivity contribution is 0.574. The van der Waals surface area contributed by atoms with Crippen molar-refractivity contribution in [2.75, 3.05) is 0 Å². The molecule has 0 radical (unpaired) electrons. The van der Waals surface area contributed by atoms with Gasteiger partial charge in [-0.05, 0) is 97.1 Å². The molecular weight excluding hydrogens is 1180 g/mol. The van der Waals surface area contributed by atoms with Crippen LogP contribution in [0, 0.1) is 93.1 Å². The predicted octanol–water partition coefficient (Wildman–Crippen LogP) is 17.2. The van der Waals surface area contributed by atoms with E-state index in [1.54, 1.807) is 0 Å². The van der Waals surface area contributed by atoms with E-state index in [1.807, 2.05) is 0 Å². The Labute approximate surface area is 482 Å². The summed E-state index contributed by atoms with van der Waals surface area (Å²) in [6.07, 6.45) is 0. The molecule has 5 heterocycles. The van der Waals surface area contributed by atoms with Gasteiger partial charge in [-0.1, -0.05) is 48.5 Å². The fourth-order valence-corrected chi connectivity index (χ4v) is 10.9. The van der Waals surface area contributed by atoms with Crippen LogP contribution < -0.4 is 0 Å². The monoisotopic (exact) mass is 1210 g/mol. The summed E-state index contributed by atoms with van der Waals surface area (Å²) >= 11 is 0. The second kappa shape index (κ2) is 21.5. The summed E-state index contributed by atoms with van der Waals surface area (Å²) in [5.74, 6) is -28.1. The van der Waals surface area contributed by atoms with Gasteiger partial charge in [0.15, 0.2) is 5.65 Å². The van der Waals surface area contributed by atoms with Crippen LogP contribution in [0.15, 0.2) is 151 Å². The number of aromatic nitrogens is 7. The molecule has 24 heteroatoms. The van der Waals surface area contributed by atoms with Gasteiger partial charge in [0, 0.05) is 33.4 Å². The number of rotatable bonds is 8. The fourth-order valence-electron chi connectivity index (χ4n) is 10.9. The Morgan fingerprint density at radius 1 is 0.239 bits per heavy atom. The lowest BCUT2D eigenvalue weighted by Gasteiger charge is -2.17. The molecule has 2 N–H and O–H groups in total. The second-order valence-corrected chi connectivity index (χ2v) is 19.4. The third kappa shape index (κ3) is 8.96. The average Bonchev–Trinajstić information content (AvgIpc) is 1.55. The number of halogens is 16. The number of H-pyrrole nitrogens is 2. The summed E-state index contributed by atoms with van der Waals surface area (Å²) in [6, 6.07) is 16.3. The van der Waals surface area contributed by atoms with E-state index in [9.17, 15) is 0 Å². The van der Waals surface area contributed by atoms with Crippen molar-refractivity contribution in [3.8, 4) is 55.6 Å². The van der Waals surface area contributed by atoms with Crippen LogP contribution in [0.2, 0.25) is 0 Å². The molecule has 8 nitrogen and oxygen atoms in total. The molecule has 3 aromatic heterocycles. The maximum Gasteiger partial charge on any atom is 0.254 e. The van der Waals surface area contributed by atoms with Gasteiger partial charge in [0.25, 0.3) is 11.7 Å². The van der Waals surface area contributed by atoms with Crippen LogP contribution in [0.4, 0.5) is 76.2 Å². The van der Waals surface area contributed by atoms with Crippen LogP contribution in [0.1, 0.15) is 33.8 Å². The Hall–Kier alpha value is -11.0. The third-order valence-electron chi connectivity index (χ3n) is 14.4. The molecule has 8 bridgehead atoms. The number of hydrogen-bond acceptors (Lipinski definition) is 6. The van der Waals surface area contributed by atoms with E-state index in [0.717, 1.165) is 48.5 Å². The molecule has 0 spiro atoms. The van der Waals surface area contributed by atoms with Crippen molar-refractivity contribution in [3.63, 3.8) is 0 Å². The highest BCUT2D eigenvalue weighted by Gasteiger charge is 2.40. The van der Waals surface area contributed by atoms with E-state index in [0.29, 0.717) is 97.1 Å². The Bertz CT molecular complexity index is 4930. The van der Waals surface area contributed by atoms with E-state index >= 15 is 70.2 Å². The maximum atomic E-state index is 17.7. The van der Waals surface area contributed by atoms with E-state index in [4.69, 9.17) is 0 Å². The Kier molecular flexibility index (Phi) is 13.7. The first-order valence-electron chi connectivity index (χ1n) is 25.7. The van der Waals surface area contributed by atoms with Crippen LogP contribution in [-0.4, -0.2) is 40.8 Å². The smallest absolute Gasteiger partial charge is 0.254 e. The van der Waals surface area contributed by atoms with Gasteiger partial charge in [-0.2, -0.15) is 4.98 Å². The molecule has 2 aliphatic rings. The predicted molar refractivity (Wildman–Crippen MR) is 291 cm³/mol. The zero-order chi connectivity index (χ0) is 61.7. The largest absolute Gasteiger partial charge is 0.353 e. The van der Waals surface area contributed by atoms with Crippen molar-refractivity contribution in [1.82, 2.24) is 35.1 Å².